The van der Waals surface area contributed by atoms with Crippen LogP contribution in [0.3, 0.4) is 0 Å². The number of nitrogens with zero attached hydrogens (tertiary/aromatic N) is 1. The average molecular weight is 142 g/mol. The van der Waals surface area contributed by atoms with Crippen molar-refractivity contribution in [2.75, 3.05) is 0 Å². The first-order chi connectivity index (χ1) is 4.76. The molecule has 1 unspecified atom stereocenters. The van der Waals surface area contributed by atoms with Gasteiger partial charge >= 0.3 is 0 Å². The summed E-state index contributed by atoms with van der Waals surface area (Å²) in [5, 5.41) is 3.77. The molecular formula is C8H18N2. The van der Waals surface area contributed by atoms with E-state index in [0.29, 0.717) is 5.92 Å². The first-order valence-corrected chi connectivity index (χ1v) is 4.02. The summed E-state index contributed by atoms with van der Waals surface area (Å²) in [6, 6.07) is 0. The Morgan fingerprint density at radius 3 is 2.40 bits per heavy atom. The van der Waals surface area contributed by atoms with Gasteiger partial charge in [0.1, 0.15) is 0 Å². The molecule has 2 heteroatoms. The summed E-state index contributed by atoms with van der Waals surface area (Å²) >= 11 is 0. The zero-order valence-corrected chi connectivity index (χ0v) is 7.22. The maximum absolute atomic E-state index is 5.22. The van der Waals surface area contributed by atoms with Gasteiger partial charge in [-0.3, -0.25) is 0 Å². The molecule has 10 heavy (non-hydrogen) atoms. The number of hydrazone groups is 1. The predicted octanol–water partition coefficient (Wildman–Crippen LogP) is 2.15. The Labute approximate surface area is 63.5 Å². The summed E-state index contributed by atoms with van der Waals surface area (Å²) in [6.07, 6.45) is 3.32. The Hall–Kier alpha value is -0.530. The van der Waals surface area contributed by atoms with Crippen LogP contribution in [0.4, 0.5) is 0 Å². The first kappa shape index (κ1) is 9.47. The topological polar surface area (TPSA) is 38.4 Å². The van der Waals surface area contributed by atoms with Gasteiger partial charge in [0.15, 0.2) is 0 Å². The first-order valence-electron chi connectivity index (χ1n) is 4.02. The van der Waals surface area contributed by atoms with E-state index >= 15 is 0 Å². The second-order valence-electron chi connectivity index (χ2n) is 2.68. The molecule has 0 amide bonds. The molecule has 0 saturated carbocycles. The summed E-state index contributed by atoms with van der Waals surface area (Å²) in [5.74, 6) is 5.78. The summed E-state index contributed by atoms with van der Waals surface area (Å²) in [6.45, 7) is 6.47. The van der Waals surface area contributed by atoms with Crippen LogP contribution in [-0.2, 0) is 0 Å². The van der Waals surface area contributed by atoms with Crippen molar-refractivity contribution in [2.45, 2.75) is 40.0 Å². The van der Waals surface area contributed by atoms with Crippen LogP contribution in [0.15, 0.2) is 5.10 Å². The molecule has 0 aromatic heterocycles. The van der Waals surface area contributed by atoms with Crippen molar-refractivity contribution in [1.29, 1.82) is 0 Å². The maximum Gasteiger partial charge on any atom is 0.0403 e. The highest BCUT2D eigenvalue weighted by Crippen LogP contribution is 2.07. The quantitative estimate of drug-likeness (QED) is 0.364. The lowest BCUT2D eigenvalue weighted by atomic mass is 9.99. The van der Waals surface area contributed by atoms with E-state index in [4.69, 9.17) is 5.84 Å². The summed E-state index contributed by atoms with van der Waals surface area (Å²) < 4.78 is 0. The Balaban J connectivity index is 3.82. The minimum absolute atomic E-state index is 0.560. The van der Waals surface area contributed by atoms with Gasteiger partial charge in [0.2, 0.25) is 0 Å². The van der Waals surface area contributed by atoms with Crippen LogP contribution in [0.25, 0.3) is 0 Å². The van der Waals surface area contributed by atoms with E-state index < -0.39 is 0 Å². The molecule has 0 radical (unpaired) electrons. The molecule has 0 aromatic rings. The zero-order valence-electron chi connectivity index (χ0n) is 7.22. The van der Waals surface area contributed by atoms with Crippen LogP contribution in [0.1, 0.15) is 40.0 Å². The number of nitrogens with two attached hydrogens (primary N) is 1. The minimum Gasteiger partial charge on any atom is -0.323 e. The van der Waals surface area contributed by atoms with Crippen LogP contribution < -0.4 is 5.84 Å². The molecule has 0 spiro atoms. The molecule has 0 aliphatic heterocycles. The maximum atomic E-state index is 5.22. The highest BCUT2D eigenvalue weighted by Gasteiger charge is 2.05. The van der Waals surface area contributed by atoms with Gasteiger partial charge in [-0.25, -0.2) is 0 Å². The summed E-state index contributed by atoms with van der Waals surface area (Å²) in [5.41, 5.74) is 1.16. The molecule has 0 aliphatic rings. The van der Waals surface area contributed by atoms with Crippen molar-refractivity contribution in [3.63, 3.8) is 0 Å². The molecule has 2 N–H and O–H groups in total. The largest absolute Gasteiger partial charge is 0.323 e. The van der Waals surface area contributed by atoms with Crippen molar-refractivity contribution in [1.82, 2.24) is 0 Å². The van der Waals surface area contributed by atoms with E-state index in [9.17, 15) is 0 Å². The third kappa shape index (κ3) is 2.85. The van der Waals surface area contributed by atoms with E-state index in [1.165, 1.54) is 0 Å². The standard InChI is InChI=1S/C8H18N2/c1-4-6-8(10-9)7(3)5-2/h7H,4-6,9H2,1-3H3. The minimum atomic E-state index is 0.560. The van der Waals surface area contributed by atoms with Crippen molar-refractivity contribution in [2.24, 2.45) is 16.9 Å². The normalized spacial score (nSPS) is 15.3. The van der Waals surface area contributed by atoms with Gasteiger partial charge in [-0.05, 0) is 18.8 Å². The molecule has 0 bridgehead atoms. The van der Waals surface area contributed by atoms with Gasteiger partial charge in [-0.2, -0.15) is 5.10 Å². The van der Waals surface area contributed by atoms with Crippen LogP contribution in [0, 0.1) is 5.92 Å². The highest BCUT2D eigenvalue weighted by atomic mass is 15.1. The van der Waals surface area contributed by atoms with Gasteiger partial charge < -0.3 is 5.84 Å². The molecule has 0 aromatic carbocycles. The van der Waals surface area contributed by atoms with Gasteiger partial charge in [-0.15, -0.1) is 0 Å². The van der Waals surface area contributed by atoms with Crippen molar-refractivity contribution in [3.8, 4) is 0 Å². The van der Waals surface area contributed by atoms with E-state index in [2.05, 4.69) is 25.9 Å². The smallest absolute Gasteiger partial charge is 0.0403 e. The Morgan fingerprint density at radius 2 is 2.10 bits per heavy atom. The van der Waals surface area contributed by atoms with Gasteiger partial charge in [-0.1, -0.05) is 27.2 Å². The Kier molecular flexibility index (Phi) is 4.99. The van der Waals surface area contributed by atoms with Crippen LogP contribution in [0.2, 0.25) is 0 Å². The Bertz CT molecular complexity index is 108. The lowest BCUT2D eigenvalue weighted by Gasteiger charge is -2.09. The predicted molar refractivity (Wildman–Crippen MR) is 46.0 cm³/mol. The molecule has 0 saturated heterocycles. The molecule has 0 rings (SSSR count). The average Bonchev–Trinajstić information content (AvgIpc) is 1.99. The van der Waals surface area contributed by atoms with Gasteiger partial charge in [0.25, 0.3) is 0 Å². The Morgan fingerprint density at radius 1 is 1.50 bits per heavy atom. The second-order valence-corrected chi connectivity index (χ2v) is 2.68. The molecule has 0 heterocycles. The fourth-order valence-corrected chi connectivity index (χ4v) is 0.930. The van der Waals surface area contributed by atoms with Crippen molar-refractivity contribution < 1.29 is 0 Å². The lowest BCUT2D eigenvalue weighted by Crippen LogP contribution is -2.11. The van der Waals surface area contributed by atoms with E-state index in [1.54, 1.807) is 0 Å². The van der Waals surface area contributed by atoms with E-state index in [1.807, 2.05) is 0 Å². The van der Waals surface area contributed by atoms with Crippen LogP contribution in [-0.4, -0.2) is 5.71 Å². The van der Waals surface area contributed by atoms with Crippen molar-refractivity contribution >= 4 is 5.71 Å². The molecule has 1 atom stereocenters. The lowest BCUT2D eigenvalue weighted by molar-refractivity contribution is 0.711. The van der Waals surface area contributed by atoms with E-state index in [-0.39, 0.29) is 0 Å². The SMILES string of the molecule is CCCC(=NN)C(C)CC. The highest BCUT2D eigenvalue weighted by molar-refractivity contribution is 5.86. The second kappa shape index (κ2) is 5.27. The van der Waals surface area contributed by atoms with Crippen LogP contribution in [0.5, 0.6) is 0 Å². The van der Waals surface area contributed by atoms with Gasteiger partial charge in [0, 0.05) is 5.71 Å². The molecular weight excluding hydrogens is 124 g/mol. The molecule has 0 fully saturated rings. The molecule has 2 nitrogen and oxygen atoms in total. The number of rotatable bonds is 4. The number of hydrogen-bond acceptors (Lipinski definition) is 2. The fraction of sp³-hybridized carbons (Fsp3) is 0.875. The summed E-state index contributed by atoms with van der Waals surface area (Å²) in [4.78, 5) is 0. The molecule has 0 aliphatic carbocycles. The fourth-order valence-electron chi connectivity index (χ4n) is 0.930. The third-order valence-corrected chi connectivity index (χ3v) is 1.85. The molecule has 60 valence electrons. The zero-order chi connectivity index (χ0) is 7.98. The van der Waals surface area contributed by atoms with E-state index in [0.717, 1.165) is 25.0 Å². The van der Waals surface area contributed by atoms with Gasteiger partial charge in [0.05, 0.1) is 0 Å². The monoisotopic (exact) mass is 142 g/mol. The summed E-state index contributed by atoms with van der Waals surface area (Å²) in [7, 11) is 0. The number of hydrogen-bond donors (Lipinski definition) is 1. The third-order valence-electron chi connectivity index (χ3n) is 1.85. The van der Waals surface area contributed by atoms with Crippen LogP contribution >= 0.6 is 0 Å². The van der Waals surface area contributed by atoms with Crippen molar-refractivity contribution in [3.05, 3.63) is 0 Å².